The van der Waals surface area contributed by atoms with Gasteiger partial charge in [-0.1, -0.05) is 42.0 Å². The largest absolute Gasteiger partial charge is 0.376 e. The number of hydrogen-bond donors (Lipinski definition) is 1. The zero-order chi connectivity index (χ0) is 24.3. The van der Waals surface area contributed by atoms with Gasteiger partial charge in [0.1, 0.15) is 10.5 Å². The Kier molecular flexibility index (Phi) is 6.36. The molecule has 1 unspecified atom stereocenters. The van der Waals surface area contributed by atoms with Gasteiger partial charge in [0, 0.05) is 53.1 Å². The molecule has 0 spiro atoms. The van der Waals surface area contributed by atoms with E-state index in [4.69, 9.17) is 4.98 Å². The predicted octanol–water partition coefficient (Wildman–Crippen LogP) is 6.70. The van der Waals surface area contributed by atoms with E-state index in [9.17, 15) is 0 Å². The van der Waals surface area contributed by atoms with Crippen molar-refractivity contribution in [3.63, 3.8) is 0 Å². The van der Waals surface area contributed by atoms with Crippen LogP contribution in [0, 0.1) is 6.92 Å². The van der Waals surface area contributed by atoms with E-state index in [2.05, 4.69) is 97.4 Å². The summed E-state index contributed by atoms with van der Waals surface area (Å²) in [6.07, 6.45) is 12.4. The van der Waals surface area contributed by atoms with Crippen LogP contribution in [0.15, 0.2) is 94.7 Å². The van der Waals surface area contributed by atoms with Crippen LogP contribution in [-0.4, -0.2) is 31.8 Å². The highest BCUT2D eigenvalue weighted by atomic mass is 32.2. The van der Waals surface area contributed by atoms with Gasteiger partial charge in [-0.2, -0.15) is 0 Å². The highest BCUT2D eigenvalue weighted by Crippen LogP contribution is 2.36. The van der Waals surface area contributed by atoms with Crippen LogP contribution in [0.3, 0.4) is 0 Å². The highest BCUT2D eigenvalue weighted by Gasteiger charge is 2.17. The second-order valence-electron chi connectivity index (χ2n) is 8.63. The summed E-state index contributed by atoms with van der Waals surface area (Å²) < 4.78 is 2.08. The Morgan fingerprint density at radius 3 is 2.89 bits per heavy atom. The quantitative estimate of drug-likeness (QED) is 0.286. The van der Waals surface area contributed by atoms with Crippen molar-refractivity contribution in [2.45, 2.75) is 24.2 Å². The average Bonchev–Trinajstić information content (AvgIpc) is 3.51. The standard InChI is InChI=1S/C28H24N6S2/c1-19-5-7-23(8-6-19)36-34-16-24(26-27(34)32-14-13-31-26)28-33-25(17-35-28)22-4-2-3-21(15-22)20-9-11-29-18-30-12-10-20/h2-9,11,13-18,20H,10,12H2,1H3,(H,29,30)/b11-9-. The van der Waals surface area contributed by atoms with Crippen molar-refractivity contribution in [2.24, 2.45) is 4.99 Å². The molecule has 5 aromatic rings. The normalized spacial score (nSPS) is 17.3. The molecule has 0 radical (unpaired) electrons. The van der Waals surface area contributed by atoms with Crippen LogP contribution in [0.5, 0.6) is 0 Å². The molecule has 0 fully saturated rings. The molecule has 6 rings (SSSR count). The fourth-order valence-electron chi connectivity index (χ4n) is 4.25. The van der Waals surface area contributed by atoms with Crippen LogP contribution in [0.2, 0.25) is 0 Å². The number of aromatic nitrogens is 4. The molecule has 0 aliphatic carbocycles. The summed E-state index contributed by atoms with van der Waals surface area (Å²) in [7, 11) is 0. The zero-order valence-electron chi connectivity index (χ0n) is 19.7. The summed E-state index contributed by atoms with van der Waals surface area (Å²) in [5.74, 6) is 0.319. The summed E-state index contributed by atoms with van der Waals surface area (Å²) >= 11 is 3.27. The maximum absolute atomic E-state index is 5.03. The Balaban J connectivity index is 1.33. The number of allylic oxidation sites excluding steroid dienone is 1. The monoisotopic (exact) mass is 508 g/mol. The van der Waals surface area contributed by atoms with Gasteiger partial charge in [0.25, 0.3) is 0 Å². The molecule has 6 nitrogen and oxygen atoms in total. The lowest BCUT2D eigenvalue weighted by atomic mass is 9.93. The Morgan fingerprint density at radius 1 is 1.08 bits per heavy atom. The minimum atomic E-state index is 0.319. The first-order valence-electron chi connectivity index (χ1n) is 11.8. The first-order valence-corrected chi connectivity index (χ1v) is 13.4. The first-order chi connectivity index (χ1) is 17.7. The molecule has 3 aromatic heterocycles. The number of benzene rings is 2. The maximum Gasteiger partial charge on any atom is 0.169 e. The van der Waals surface area contributed by atoms with E-state index in [-0.39, 0.29) is 0 Å². The molecule has 4 heterocycles. The van der Waals surface area contributed by atoms with Crippen molar-refractivity contribution in [3.05, 3.63) is 95.9 Å². The maximum atomic E-state index is 5.03. The van der Waals surface area contributed by atoms with Crippen molar-refractivity contribution >= 4 is 40.8 Å². The third-order valence-corrected chi connectivity index (χ3v) is 7.96. The van der Waals surface area contributed by atoms with E-state index < -0.39 is 0 Å². The molecule has 178 valence electrons. The molecular weight excluding hydrogens is 484 g/mol. The Morgan fingerprint density at radius 2 is 1.97 bits per heavy atom. The first kappa shape index (κ1) is 22.7. The summed E-state index contributed by atoms with van der Waals surface area (Å²) in [5.41, 5.74) is 7.30. The van der Waals surface area contributed by atoms with E-state index in [0.29, 0.717) is 5.92 Å². The van der Waals surface area contributed by atoms with Crippen molar-refractivity contribution in [3.8, 4) is 21.8 Å². The second-order valence-corrected chi connectivity index (χ2v) is 10.5. The van der Waals surface area contributed by atoms with Crippen molar-refractivity contribution in [1.29, 1.82) is 0 Å². The predicted molar refractivity (Wildman–Crippen MR) is 149 cm³/mol. The van der Waals surface area contributed by atoms with Crippen LogP contribution in [-0.2, 0) is 0 Å². The third-order valence-electron chi connectivity index (χ3n) is 6.13. The number of nitrogens with one attached hydrogen (secondary N) is 1. The van der Waals surface area contributed by atoms with E-state index in [1.807, 2.05) is 6.20 Å². The SMILES string of the molecule is Cc1ccc(Sn2cc(-c3nc(-c4cccc(C5/C=C\N=C/NCC5)c4)cs3)c3nccnc32)cc1. The van der Waals surface area contributed by atoms with E-state index in [0.717, 1.165) is 50.9 Å². The lowest BCUT2D eigenvalue weighted by molar-refractivity contribution is 0.707. The number of thiazole rings is 1. The number of rotatable bonds is 5. The van der Waals surface area contributed by atoms with Crippen molar-refractivity contribution < 1.29 is 0 Å². The highest BCUT2D eigenvalue weighted by molar-refractivity contribution is 7.98. The van der Waals surface area contributed by atoms with Gasteiger partial charge in [-0.05, 0) is 49.1 Å². The number of nitrogens with zero attached hydrogens (tertiary/aromatic N) is 5. The summed E-state index contributed by atoms with van der Waals surface area (Å²) in [6.45, 7) is 2.99. The summed E-state index contributed by atoms with van der Waals surface area (Å²) in [6, 6.07) is 17.2. The van der Waals surface area contributed by atoms with Gasteiger partial charge in [-0.3, -0.25) is 8.96 Å². The van der Waals surface area contributed by atoms with Crippen LogP contribution in [0.25, 0.3) is 33.0 Å². The minimum Gasteiger partial charge on any atom is -0.376 e. The molecule has 0 saturated carbocycles. The molecule has 1 atom stereocenters. The van der Waals surface area contributed by atoms with Crippen molar-refractivity contribution in [2.75, 3.05) is 6.54 Å². The fourth-order valence-corrected chi connectivity index (χ4v) is 5.95. The number of aryl methyl sites for hydroxylation is 1. The van der Waals surface area contributed by atoms with Gasteiger partial charge in [0.05, 0.1) is 17.6 Å². The second kappa shape index (κ2) is 10.1. The van der Waals surface area contributed by atoms with Crippen LogP contribution >= 0.6 is 23.3 Å². The Hall–Kier alpha value is -3.75. The average molecular weight is 509 g/mol. The lowest BCUT2D eigenvalue weighted by Crippen LogP contribution is -2.16. The molecule has 36 heavy (non-hydrogen) atoms. The molecular formula is C28H24N6S2. The van der Waals surface area contributed by atoms with Gasteiger partial charge in [0.2, 0.25) is 0 Å². The Bertz CT molecular complexity index is 1560. The summed E-state index contributed by atoms with van der Waals surface area (Å²) in [5, 5.41) is 6.28. The van der Waals surface area contributed by atoms with Crippen LogP contribution in [0.1, 0.15) is 23.5 Å². The molecule has 1 aliphatic rings. The number of fused-ring (bicyclic) bond motifs is 1. The summed E-state index contributed by atoms with van der Waals surface area (Å²) in [4.78, 5) is 19.7. The van der Waals surface area contributed by atoms with Crippen molar-refractivity contribution in [1.82, 2.24) is 24.2 Å². The van der Waals surface area contributed by atoms with E-state index >= 15 is 0 Å². The molecule has 1 aliphatic heterocycles. The molecule has 8 heteroatoms. The Labute approximate surface area is 218 Å². The number of hydrogen-bond acceptors (Lipinski definition) is 7. The zero-order valence-corrected chi connectivity index (χ0v) is 21.3. The van der Waals surface area contributed by atoms with Crippen LogP contribution < -0.4 is 5.32 Å². The molecule has 0 bridgehead atoms. The van der Waals surface area contributed by atoms with Gasteiger partial charge in [-0.15, -0.1) is 11.3 Å². The van der Waals surface area contributed by atoms with Gasteiger partial charge in [0.15, 0.2) is 5.65 Å². The third kappa shape index (κ3) is 4.69. The lowest BCUT2D eigenvalue weighted by Gasteiger charge is -2.15. The number of aliphatic imine (C=N–C) groups is 1. The molecule has 0 amide bonds. The smallest absolute Gasteiger partial charge is 0.169 e. The van der Waals surface area contributed by atoms with Crippen LogP contribution in [0.4, 0.5) is 0 Å². The van der Waals surface area contributed by atoms with E-state index in [1.54, 1.807) is 42.0 Å². The molecule has 1 N–H and O–H groups in total. The molecule has 2 aromatic carbocycles. The van der Waals surface area contributed by atoms with Gasteiger partial charge in [-0.25, -0.2) is 15.0 Å². The fraction of sp³-hybridized carbons (Fsp3) is 0.143. The van der Waals surface area contributed by atoms with E-state index in [1.165, 1.54) is 11.1 Å². The van der Waals surface area contributed by atoms with Gasteiger partial charge >= 0.3 is 0 Å². The minimum absolute atomic E-state index is 0.319. The topological polar surface area (TPSA) is 68.0 Å². The van der Waals surface area contributed by atoms with Gasteiger partial charge < -0.3 is 5.32 Å². The molecule has 0 saturated heterocycles.